The van der Waals surface area contributed by atoms with E-state index >= 15 is 0 Å². The zero-order chi connectivity index (χ0) is 13.1. The zero-order valence-electron chi connectivity index (χ0n) is 8.98. The number of nitriles is 1. The second-order valence-corrected chi connectivity index (χ2v) is 4.51. The number of alkyl halides is 3. The van der Waals surface area contributed by atoms with E-state index in [0.29, 0.717) is 4.47 Å². The fraction of sp³-hybridized carbons (Fsp3) is 0.364. The number of benzene rings is 1. The molecule has 0 saturated carbocycles. The maximum Gasteiger partial charge on any atom is 0.418 e. The van der Waals surface area contributed by atoms with E-state index in [1.54, 1.807) is 6.92 Å². The SMILES string of the molecule is CC(CC#N)Nc1ccc(Br)cc1C(F)(F)F. The van der Waals surface area contributed by atoms with Gasteiger partial charge in [0.05, 0.1) is 18.1 Å². The van der Waals surface area contributed by atoms with Crippen molar-refractivity contribution >= 4 is 21.6 Å². The highest BCUT2D eigenvalue weighted by Crippen LogP contribution is 2.36. The third-order valence-electron chi connectivity index (χ3n) is 2.09. The zero-order valence-corrected chi connectivity index (χ0v) is 10.6. The molecule has 92 valence electrons. The summed E-state index contributed by atoms with van der Waals surface area (Å²) >= 11 is 3.01. The summed E-state index contributed by atoms with van der Waals surface area (Å²) in [6.45, 7) is 1.66. The summed E-state index contributed by atoms with van der Waals surface area (Å²) in [5.41, 5.74) is -0.750. The summed E-state index contributed by atoms with van der Waals surface area (Å²) in [5, 5.41) is 11.2. The molecule has 2 nitrogen and oxygen atoms in total. The molecule has 1 aromatic carbocycles. The Bertz CT molecular complexity index is 437. The summed E-state index contributed by atoms with van der Waals surface area (Å²) in [6.07, 6.45) is -4.27. The second-order valence-electron chi connectivity index (χ2n) is 3.60. The van der Waals surface area contributed by atoms with Gasteiger partial charge in [-0.15, -0.1) is 0 Å². The van der Waals surface area contributed by atoms with Gasteiger partial charge in [0.15, 0.2) is 0 Å². The van der Waals surface area contributed by atoms with Gasteiger partial charge in [-0.3, -0.25) is 0 Å². The van der Waals surface area contributed by atoms with Crippen LogP contribution in [-0.4, -0.2) is 6.04 Å². The Morgan fingerprint density at radius 3 is 2.65 bits per heavy atom. The smallest absolute Gasteiger partial charge is 0.381 e. The minimum Gasteiger partial charge on any atom is -0.381 e. The van der Waals surface area contributed by atoms with E-state index in [4.69, 9.17) is 5.26 Å². The number of nitrogens with one attached hydrogen (secondary N) is 1. The van der Waals surface area contributed by atoms with Gasteiger partial charge in [-0.1, -0.05) is 15.9 Å². The van der Waals surface area contributed by atoms with E-state index in [1.165, 1.54) is 12.1 Å². The van der Waals surface area contributed by atoms with Crippen molar-refractivity contribution in [1.29, 1.82) is 5.26 Å². The quantitative estimate of drug-likeness (QED) is 0.909. The van der Waals surface area contributed by atoms with Gasteiger partial charge in [-0.2, -0.15) is 18.4 Å². The van der Waals surface area contributed by atoms with Crippen molar-refractivity contribution in [2.45, 2.75) is 25.6 Å². The van der Waals surface area contributed by atoms with Crippen LogP contribution in [0, 0.1) is 11.3 Å². The monoisotopic (exact) mass is 306 g/mol. The number of hydrogen-bond donors (Lipinski definition) is 1. The van der Waals surface area contributed by atoms with Crippen molar-refractivity contribution in [2.75, 3.05) is 5.32 Å². The first kappa shape index (κ1) is 13.8. The maximum atomic E-state index is 12.7. The largest absolute Gasteiger partial charge is 0.418 e. The van der Waals surface area contributed by atoms with E-state index in [-0.39, 0.29) is 18.2 Å². The lowest BCUT2D eigenvalue weighted by molar-refractivity contribution is -0.137. The first-order valence-corrected chi connectivity index (χ1v) is 5.64. The van der Waals surface area contributed by atoms with Crippen molar-refractivity contribution in [3.63, 3.8) is 0 Å². The lowest BCUT2D eigenvalue weighted by Gasteiger charge is -2.18. The standard InChI is InChI=1S/C11H10BrF3N2/c1-7(4-5-16)17-10-3-2-8(12)6-9(10)11(13,14)15/h2-3,6-7,17H,4H2,1H3. The predicted octanol–water partition coefficient (Wildman–Crippen LogP) is 4.18. The molecule has 1 atom stereocenters. The molecule has 0 fully saturated rings. The Morgan fingerprint density at radius 1 is 1.47 bits per heavy atom. The van der Waals surface area contributed by atoms with Crippen LogP contribution in [0.1, 0.15) is 18.9 Å². The molecule has 1 aromatic rings. The van der Waals surface area contributed by atoms with Crippen LogP contribution in [-0.2, 0) is 6.18 Å². The van der Waals surface area contributed by atoms with Gasteiger partial charge in [0, 0.05) is 16.2 Å². The summed E-state index contributed by atoms with van der Waals surface area (Å²) in [6, 6.07) is 5.46. The molecule has 1 unspecified atom stereocenters. The Kier molecular flexibility index (Phi) is 4.40. The number of hydrogen-bond acceptors (Lipinski definition) is 2. The van der Waals surface area contributed by atoms with E-state index in [0.717, 1.165) is 6.07 Å². The topological polar surface area (TPSA) is 35.8 Å². The molecule has 0 bridgehead atoms. The Morgan fingerprint density at radius 2 is 2.12 bits per heavy atom. The molecule has 0 radical (unpaired) electrons. The molecular formula is C11H10BrF3N2. The molecule has 0 amide bonds. The second kappa shape index (κ2) is 5.41. The number of nitrogens with zero attached hydrogens (tertiary/aromatic N) is 1. The van der Waals surface area contributed by atoms with E-state index in [2.05, 4.69) is 21.2 Å². The van der Waals surface area contributed by atoms with E-state index in [9.17, 15) is 13.2 Å². The molecular weight excluding hydrogens is 297 g/mol. The fourth-order valence-corrected chi connectivity index (χ4v) is 1.69. The molecule has 1 N–H and O–H groups in total. The Hall–Kier alpha value is -1.22. The summed E-state index contributed by atoms with van der Waals surface area (Å²) in [4.78, 5) is 0. The lowest BCUT2D eigenvalue weighted by Crippen LogP contribution is -2.18. The van der Waals surface area contributed by atoms with Crippen molar-refractivity contribution in [2.24, 2.45) is 0 Å². The van der Waals surface area contributed by atoms with Crippen LogP contribution in [0.4, 0.5) is 18.9 Å². The average Bonchev–Trinajstić information content (AvgIpc) is 2.19. The summed E-state index contributed by atoms with van der Waals surface area (Å²) in [7, 11) is 0. The van der Waals surface area contributed by atoms with Crippen LogP contribution in [0.5, 0.6) is 0 Å². The van der Waals surface area contributed by atoms with Crippen molar-refractivity contribution in [3.8, 4) is 6.07 Å². The van der Waals surface area contributed by atoms with E-state index in [1.807, 2.05) is 6.07 Å². The van der Waals surface area contributed by atoms with Crippen LogP contribution in [0.3, 0.4) is 0 Å². The Labute approximate surface area is 106 Å². The van der Waals surface area contributed by atoms with Crippen molar-refractivity contribution in [3.05, 3.63) is 28.2 Å². The molecule has 0 saturated heterocycles. The maximum absolute atomic E-state index is 12.7. The first-order chi connectivity index (χ1) is 7.84. The predicted molar refractivity (Wildman–Crippen MR) is 62.5 cm³/mol. The highest BCUT2D eigenvalue weighted by molar-refractivity contribution is 9.10. The number of rotatable bonds is 3. The van der Waals surface area contributed by atoms with Crippen LogP contribution >= 0.6 is 15.9 Å². The molecule has 0 aliphatic rings. The van der Waals surface area contributed by atoms with Gasteiger partial charge >= 0.3 is 6.18 Å². The molecule has 0 aromatic heterocycles. The van der Waals surface area contributed by atoms with Gasteiger partial charge in [-0.25, -0.2) is 0 Å². The highest BCUT2D eigenvalue weighted by Gasteiger charge is 2.33. The molecule has 0 aliphatic heterocycles. The highest BCUT2D eigenvalue weighted by atomic mass is 79.9. The molecule has 0 spiro atoms. The lowest BCUT2D eigenvalue weighted by atomic mass is 10.1. The molecule has 17 heavy (non-hydrogen) atoms. The number of anilines is 1. The fourth-order valence-electron chi connectivity index (χ4n) is 1.33. The minimum atomic E-state index is -4.42. The third kappa shape index (κ3) is 3.93. The van der Waals surface area contributed by atoms with Crippen LogP contribution < -0.4 is 5.32 Å². The van der Waals surface area contributed by atoms with Crippen LogP contribution in [0.25, 0.3) is 0 Å². The van der Waals surface area contributed by atoms with Crippen LogP contribution in [0.15, 0.2) is 22.7 Å². The van der Waals surface area contributed by atoms with Crippen molar-refractivity contribution in [1.82, 2.24) is 0 Å². The number of halogens is 4. The molecule has 6 heteroatoms. The Balaban J connectivity index is 3.04. The van der Waals surface area contributed by atoms with Gasteiger partial charge in [0.1, 0.15) is 0 Å². The summed E-state index contributed by atoms with van der Waals surface area (Å²) in [5.74, 6) is 0. The van der Waals surface area contributed by atoms with Gasteiger partial charge < -0.3 is 5.32 Å². The summed E-state index contributed by atoms with van der Waals surface area (Å²) < 4.78 is 38.6. The molecule has 0 aliphatic carbocycles. The van der Waals surface area contributed by atoms with E-state index < -0.39 is 11.7 Å². The normalized spacial score (nSPS) is 12.9. The van der Waals surface area contributed by atoms with Crippen LogP contribution in [0.2, 0.25) is 0 Å². The van der Waals surface area contributed by atoms with Gasteiger partial charge in [0.2, 0.25) is 0 Å². The minimum absolute atomic E-state index is 0.0107. The average molecular weight is 307 g/mol. The van der Waals surface area contributed by atoms with Crippen molar-refractivity contribution < 1.29 is 13.2 Å². The van der Waals surface area contributed by atoms with Gasteiger partial charge in [-0.05, 0) is 25.1 Å². The molecule has 0 heterocycles. The van der Waals surface area contributed by atoms with Gasteiger partial charge in [0.25, 0.3) is 0 Å². The molecule has 1 rings (SSSR count). The first-order valence-electron chi connectivity index (χ1n) is 4.85. The third-order valence-corrected chi connectivity index (χ3v) is 2.58.